The van der Waals surface area contributed by atoms with Crippen molar-refractivity contribution in [1.82, 2.24) is 10.6 Å². The first kappa shape index (κ1) is 24.7. The number of hydrogen-bond acceptors (Lipinski definition) is 3. The summed E-state index contributed by atoms with van der Waals surface area (Å²) < 4.78 is 5.36. The summed E-state index contributed by atoms with van der Waals surface area (Å²) in [5.74, 6) is 0.350. The van der Waals surface area contributed by atoms with Crippen LogP contribution in [0.2, 0.25) is 0 Å². The lowest BCUT2D eigenvalue weighted by molar-refractivity contribution is 0.0505. The molecule has 0 saturated carbocycles. The monoisotopic (exact) mass is 510 g/mol. The molecule has 0 fully saturated rings. The molecule has 2 rings (SSSR count). The van der Waals surface area contributed by atoms with Crippen LogP contribution in [-0.2, 0) is 11.2 Å². The van der Waals surface area contributed by atoms with Gasteiger partial charge < -0.3 is 21.1 Å². The normalized spacial score (nSPS) is 12.4. The fourth-order valence-corrected chi connectivity index (χ4v) is 2.59. The number of halogens is 1. The highest BCUT2D eigenvalue weighted by atomic mass is 127. The van der Waals surface area contributed by atoms with E-state index in [9.17, 15) is 4.79 Å². The van der Waals surface area contributed by atoms with E-state index in [2.05, 4.69) is 27.8 Å². The largest absolute Gasteiger partial charge is 0.444 e. The molecule has 0 bridgehead atoms. The molecule has 6 nitrogen and oxygen atoms in total. The summed E-state index contributed by atoms with van der Waals surface area (Å²) in [4.78, 5) is 16.6. The van der Waals surface area contributed by atoms with Crippen molar-refractivity contribution in [2.45, 2.75) is 38.8 Å². The molecule has 1 unspecified atom stereocenters. The zero-order chi connectivity index (χ0) is 20.4. The van der Waals surface area contributed by atoms with Gasteiger partial charge >= 0.3 is 6.09 Å². The maximum absolute atomic E-state index is 12.2. The van der Waals surface area contributed by atoms with Crippen molar-refractivity contribution in [3.63, 3.8) is 0 Å². The van der Waals surface area contributed by atoms with Crippen molar-refractivity contribution in [3.05, 3.63) is 71.8 Å². The highest BCUT2D eigenvalue weighted by Gasteiger charge is 2.20. The second-order valence-electron chi connectivity index (χ2n) is 7.50. The van der Waals surface area contributed by atoms with Gasteiger partial charge in [0.1, 0.15) is 5.60 Å². The molecule has 0 radical (unpaired) electrons. The highest BCUT2D eigenvalue weighted by molar-refractivity contribution is 14.0. The number of ether oxygens (including phenoxy) is 1. The maximum Gasteiger partial charge on any atom is 0.408 e. The number of amides is 1. The smallest absolute Gasteiger partial charge is 0.408 e. The molecule has 1 amide bonds. The van der Waals surface area contributed by atoms with Crippen molar-refractivity contribution in [2.24, 2.45) is 10.7 Å². The Hall–Kier alpha value is -2.29. The lowest BCUT2D eigenvalue weighted by Crippen LogP contribution is -2.37. The Bertz CT molecular complexity index is 761. The predicted octanol–water partition coefficient (Wildman–Crippen LogP) is 4.02. The van der Waals surface area contributed by atoms with Crippen molar-refractivity contribution >= 4 is 36.0 Å². The summed E-state index contributed by atoms with van der Waals surface area (Å²) in [6.07, 6.45) is 0.377. The lowest BCUT2D eigenvalue weighted by atomic mass is 10.1. The molecular weight excluding hydrogens is 479 g/mol. The van der Waals surface area contributed by atoms with E-state index in [1.165, 1.54) is 5.56 Å². The van der Waals surface area contributed by atoms with Gasteiger partial charge in [-0.2, -0.15) is 0 Å². The van der Waals surface area contributed by atoms with E-state index in [0.29, 0.717) is 19.0 Å². The zero-order valence-corrected chi connectivity index (χ0v) is 19.6. The fraction of sp³-hybridized carbons (Fsp3) is 0.364. The quantitative estimate of drug-likeness (QED) is 0.298. The van der Waals surface area contributed by atoms with Crippen molar-refractivity contribution in [2.75, 3.05) is 13.1 Å². The molecule has 2 aromatic carbocycles. The number of benzene rings is 2. The Labute approximate surface area is 190 Å². The third-order valence-corrected chi connectivity index (χ3v) is 3.90. The Balaban J connectivity index is 0.00000420. The SMILES string of the molecule is CC(C)(C)OC(=O)NC(CN=C(N)NCCc1ccccc1)c1ccccc1.I. The Morgan fingerprint density at radius 3 is 2.24 bits per heavy atom. The van der Waals surface area contributed by atoms with Crippen LogP contribution in [-0.4, -0.2) is 30.7 Å². The number of guanidine groups is 1. The van der Waals surface area contributed by atoms with E-state index in [1.807, 2.05) is 69.3 Å². The van der Waals surface area contributed by atoms with Crippen molar-refractivity contribution in [3.8, 4) is 0 Å². The summed E-state index contributed by atoms with van der Waals surface area (Å²) in [7, 11) is 0. The Morgan fingerprint density at radius 1 is 1.07 bits per heavy atom. The number of nitrogens with two attached hydrogens (primary N) is 1. The first-order chi connectivity index (χ1) is 13.3. The van der Waals surface area contributed by atoms with Gasteiger partial charge in [-0.05, 0) is 38.3 Å². The molecule has 158 valence electrons. The van der Waals surface area contributed by atoms with Crippen LogP contribution >= 0.6 is 24.0 Å². The van der Waals surface area contributed by atoms with Crippen molar-refractivity contribution < 1.29 is 9.53 Å². The molecule has 2 aromatic rings. The Morgan fingerprint density at radius 2 is 1.66 bits per heavy atom. The lowest BCUT2D eigenvalue weighted by Gasteiger charge is -2.23. The van der Waals surface area contributed by atoms with Crippen LogP contribution in [0.25, 0.3) is 0 Å². The van der Waals surface area contributed by atoms with E-state index >= 15 is 0 Å². The molecule has 0 aliphatic carbocycles. The highest BCUT2D eigenvalue weighted by Crippen LogP contribution is 2.15. The van der Waals surface area contributed by atoms with Crippen LogP contribution < -0.4 is 16.4 Å². The number of hydrogen-bond donors (Lipinski definition) is 3. The molecule has 29 heavy (non-hydrogen) atoms. The first-order valence-corrected chi connectivity index (χ1v) is 9.45. The van der Waals surface area contributed by atoms with Gasteiger partial charge in [-0.3, -0.25) is 4.99 Å². The van der Waals surface area contributed by atoms with E-state index < -0.39 is 11.7 Å². The third-order valence-electron chi connectivity index (χ3n) is 3.90. The standard InChI is InChI=1S/C22H30N4O2.HI/c1-22(2,3)28-21(27)26-19(18-12-8-5-9-13-18)16-25-20(23)24-15-14-17-10-6-4-7-11-17;/h4-13,19H,14-16H2,1-3H3,(H,26,27)(H3,23,24,25);1H. The molecule has 0 aromatic heterocycles. The van der Waals surface area contributed by atoms with Crippen molar-refractivity contribution in [1.29, 1.82) is 0 Å². The first-order valence-electron chi connectivity index (χ1n) is 9.45. The topological polar surface area (TPSA) is 88.7 Å². The molecule has 0 aliphatic heterocycles. The predicted molar refractivity (Wildman–Crippen MR) is 129 cm³/mol. The average Bonchev–Trinajstić information content (AvgIpc) is 2.65. The summed E-state index contributed by atoms with van der Waals surface area (Å²) in [5.41, 5.74) is 7.60. The zero-order valence-electron chi connectivity index (χ0n) is 17.2. The second-order valence-corrected chi connectivity index (χ2v) is 7.50. The molecule has 4 N–H and O–H groups in total. The molecule has 0 spiro atoms. The van der Waals surface area contributed by atoms with Gasteiger partial charge in [-0.15, -0.1) is 24.0 Å². The maximum atomic E-state index is 12.2. The molecular formula is C22H31IN4O2. The van der Waals surface area contributed by atoms with Crippen LogP contribution in [0.4, 0.5) is 4.79 Å². The summed E-state index contributed by atoms with van der Waals surface area (Å²) in [5, 5.41) is 5.99. The number of carbonyl (C=O) groups excluding carboxylic acids is 1. The molecule has 0 heterocycles. The van der Waals surface area contributed by atoms with E-state index in [4.69, 9.17) is 10.5 Å². The van der Waals surface area contributed by atoms with E-state index in [0.717, 1.165) is 12.0 Å². The molecule has 7 heteroatoms. The summed E-state index contributed by atoms with van der Waals surface area (Å²) in [6, 6.07) is 19.5. The number of nitrogens with one attached hydrogen (secondary N) is 2. The van der Waals surface area contributed by atoms with E-state index in [-0.39, 0.29) is 30.0 Å². The number of alkyl carbamates (subject to hydrolysis) is 1. The van der Waals surface area contributed by atoms with Crippen LogP contribution in [0.15, 0.2) is 65.7 Å². The molecule has 0 saturated heterocycles. The Kier molecular flexibility index (Phi) is 10.5. The van der Waals surface area contributed by atoms with Gasteiger partial charge in [0.2, 0.25) is 0 Å². The minimum atomic E-state index is -0.563. The van der Waals surface area contributed by atoms with E-state index in [1.54, 1.807) is 0 Å². The molecule has 0 aliphatic rings. The minimum absolute atomic E-state index is 0. The van der Waals surface area contributed by atoms with Gasteiger partial charge in [0, 0.05) is 6.54 Å². The van der Waals surface area contributed by atoms with Crippen LogP contribution in [0.5, 0.6) is 0 Å². The molecule has 1 atom stereocenters. The number of aliphatic imine (C=N–C) groups is 1. The van der Waals surface area contributed by atoms with Gasteiger partial charge in [-0.1, -0.05) is 60.7 Å². The third kappa shape index (κ3) is 10.2. The van der Waals surface area contributed by atoms with Gasteiger partial charge in [0.05, 0.1) is 12.6 Å². The average molecular weight is 510 g/mol. The number of nitrogens with zero attached hydrogens (tertiary/aromatic N) is 1. The van der Waals surface area contributed by atoms with Gasteiger partial charge in [-0.25, -0.2) is 4.79 Å². The summed E-state index contributed by atoms with van der Waals surface area (Å²) in [6.45, 7) is 6.49. The second kappa shape index (κ2) is 12.3. The number of rotatable bonds is 7. The van der Waals surface area contributed by atoms with Gasteiger partial charge in [0.25, 0.3) is 0 Å². The fourth-order valence-electron chi connectivity index (χ4n) is 2.59. The minimum Gasteiger partial charge on any atom is -0.444 e. The van der Waals surface area contributed by atoms with Crippen LogP contribution in [0, 0.1) is 0 Å². The van der Waals surface area contributed by atoms with Gasteiger partial charge in [0.15, 0.2) is 5.96 Å². The summed E-state index contributed by atoms with van der Waals surface area (Å²) >= 11 is 0. The number of carbonyl (C=O) groups is 1. The van der Waals surface area contributed by atoms with Crippen LogP contribution in [0.1, 0.15) is 37.9 Å². The van der Waals surface area contributed by atoms with Crippen LogP contribution in [0.3, 0.4) is 0 Å².